The highest BCUT2D eigenvalue weighted by Gasteiger charge is 2.39. The second-order valence-corrected chi connectivity index (χ2v) is 6.80. The standard InChI is InChI=1S/C20H21N3O2/c24-20(25)18(15-4-2-1-3-5-15)19(17-12-21-8-9-22-17)16-13-23-10-6-14(16)7-11-23/h1-5,8-9,12,14,16H,6-7,10-11,13H2,(H,24,25). The van der Waals surface area contributed by atoms with Gasteiger partial charge in [0, 0.05) is 24.9 Å². The number of benzene rings is 1. The van der Waals surface area contributed by atoms with Crippen LogP contribution >= 0.6 is 0 Å². The second-order valence-electron chi connectivity index (χ2n) is 6.80. The molecular formula is C20H21N3O2. The molecule has 1 unspecified atom stereocenters. The Morgan fingerprint density at radius 2 is 1.88 bits per heavy atom. The minimum atomic E-state index is -0.900. The predicted molar refractivity (Wildman–Crippen MR) is 95.6 cm³/mol. The maximum Gasteiger partial charge on any atom is 0.336 e. The minimum absolute atomic E-state index is 0.186. The number of hydrogen-bond donors (Lipinski definition) is 1. The average molecular weight is 335 g/mol. The van der Waals surface area contributed by atoms with E-state index >= 15 is 0 Å². The van der Waals surface area contributed by atoms with Crippen molar-refractivity contribution in [3.63, 3.8) is 0 Å². The van der Waals surface area contributed by atoms with Crippen LogP contribution in [0.15, 0.2) is 48.9 Å². The zero-order valence-electron chi connectivity index (χ0n) is 14.0. The third-order valence-corrected chi connectivity index (χ3v) is 5.41. The summed E-state index contributed by atoms with van der Waals surface area (Å²) in [4.78, 5) is 23.3. The van der Waals surface area contributed by atoms with Crippen LogP contribution in [0.25, 0.3) is 11.1 Å². The van der Waals surface area contributed by atoms with Gasteiger partial charge in [0.15, 0.2) is 0 Å². The normalized spacial score (nSPS) is 26.2. The lowest BCUT2D eigenvalue weighted by atomic mass is 9.72. The second kappa shape index (κ2) is 6.76. The van der Waals surface area contributed by atoms with Gasteiger partial charge in [-0.25, -0.2) is 4.79 Å². The number of carboxylic acid groups (broad SMARTS) is 1. The summed E-state index contributed by atoms with van der Waals surface area (Å²) in [5, 5.41) is 10.0. The quantitative estimate of drug-likeness (QED) is 0.870. The molecule has 4 heterocycles. The zero-order valence-corrected chi connectivity index (χ0v) is 14.0. The Morgan fingerprint density at radius 1 is 1.12 bits per heavy atom. The van der Waals surface area contributed by atoms with Crippen LogP contribution in [-0.4, -0.2) is 45.6 Å². The van der Waals surface area contributed by atoms with E-state index in [9.17, 15) is 9.90 Å². The number of nitrogens with zero attached hydrogens (tertiary/aromatic N) is 3. The van der Waals surface area contributed by atoms with Gasteiger partial charge in [0.05, 0.1) is 17.5 Å². The third kappa shape index (κ3) is 3.07. The number of fused-ring (bicyclic) bond motifs is 3. The van der Waals surface area contributed by atoms with Crippen LogP contribution < -0.4 is 0 Å². The molecule has 3 aliphatic heterocycles. The van der Waals surface area contributed by atoms with E-state index in [0.29, 0.717) is 17.2 Å². The van der Waals surface area contributed by atoms with Gasteiger partial charge in [-0.05, 0) is 43.0 Å². The fourth-order valence-electron chi connectivity index (χ4n) is 4.23. The molecular weight excluding hydrogens is 314 g/mol. The van der Waals surface area contributed by atoms with Crippen molar-refractivity contribution in [3.8, 4) is 0 Å². The van der Waals surface area contributed by atoms with Crippen molar-refractivity contribution in [2.24, 2.45) is 11.8 Å². The largest absolute Gasteiger partial charge is 0.478 e. The van der Waals surface area contributed by atoms with E-state index in [0.717, 1.165) is 43.6 Å². The Morgan fingerprint density at radius 3 is 2.44 bits per heavy atom. The summed E-state index contributed by atoms with van der Waals surface area (Å²) in [6.07, 6.45) is 7.20. The van der Waals surface area contributed by atoms with Crippen molar-refractivity contribution in [1.82, 2.24) is 14.9 Å². The highest BCUT2D eigenvalue weighted by Crippen LogP contribution is 2.43. The predicted octanol–water partition coefficient (Wildman–Crippen LogP) is 2.81. The Hall–Kier alpha value is -2.53. The van der Waals surface area contributed by atoms with E-state index in [1.54, 1.807) is 18.6 Å². The van der Waals surface area contributed by atoms with Crippen molar-refractivity contribution in [3.05, 3.63) is 60.2 Å². The van der Waals surface area contributed by atoms with E-state index in [1.165, 1.54) is 0 Å². The molecule has 1 N–H and O–H groups in total. The van der Waals surface area contributed by atoms with E-state index in [-0.39, 0.29) is 5.92 Å². The fourth-order valence-corrected chi connectivity index (χ4v) is 4.23. The smallest absolute Gasteiger partial charge is 0.336 e. The number of piperidine rings is 3. The summed E-state index contributed by atoms with van der Waals surface area (Å²) in [5.41, 5.74) is 2.61. The Bertz CT molecular complexity index is 781. The van der Waals surface area contributed by atoms with Crippen molar-refractivity contribution >= 4 is 17.1 Å². The number of carboxylic acids is 1. The third-order valence-electron chi connectivity index (χ3n) is 5.41. The lowest BCUT2D eigenvalue weighted by Gasteiger charge is -2.46. The summed E-state index contributed by atoms with van der Waals surface area (Å²) in [6, 6.07) is 9.38. The molecule has 3 saturated heterocycles. The highest BCUT2D eigenvalue weighted by atomic mass is 16.4. The highest BCUT2D eigenvalue weighted by molar-refractivity contribution is 6.23. The van der Waals surface area contributed by atoms with Crippen molar-refractivity contribution in [2.45, 2.75) is 12.8 Å². The van der Waals surface area contributed by atoms with Crippen molar-refractivity contribution in [2.75, 3.05) is 19.6 Å². The SMILES string of the molecule is O=C(O)C(=C(c1cnccn1)C1CN2CCC1CC2)c1ccccc1. The molecule has 0 radical (unpaired) electrons. The molecule has 5 heteroatoms. The van der Waals surface area contributed by atoms with Crippen LogP contribution in [0.5, 0.6) is 0 Å². The number of aromatic nitrogens is 2. The molecule has 3 aliphatic rings. The van der Waals surface area contributed by atoms with Crippen LogP contribution in [0.4, 0.5) is 0 Å². The van der Waals surface area contributed by atoms with Gasteiger partial charge in [-0.15, -0.1) is 0 Å². The topological polar surface area (TPSA) is 66.3 Å². The molecule has 1 aromatic heterocycles. The summed E-state index contributed by atoms with van der Waals surface area (Å²) >= 11 is 0. The molecule has 5 rings (SSSR count). The first-order valence-electron chi connectivity index (χ1n) is 8.75. The molecule has 0 amide bonds. The number of carbonyl (C=O) groups is 1. The number of hydrogen-bond acceptors (Lipinski definition) is 4. The molecule has 128 valence electrons. The average Bonchev–Trinajstić information content (AvgIpc) is 2.68. The Labute approximate surface area is 147 Å². The Kier molecular flexibility index (Phi) is 4.32. The van der Waals surface area contributed by atoms with Crippen molar-refractivity contribution < 1.29 is 9.90 Å². The molecule has 3 fully saturated rings. The fraction of sp³-hybridized carbons (Fsp3) is 0.350. The van der Waals surface area contributed by atoms with Gasteiger partial charge in [-0.2, -0.15) is 0 Å². The maximum absolute atomic E-state index is 12.2. The molecule has 2 bridgehead atoms. The summed E-state index contributed by atoms with van der Waals surface area (Å²) in [7, 11) is 0. The first-order valence-corrected chi connectivity index (χ1v) is 8.75. The van der Waals surface area contributed by atoms with Gasteiger partial charge in [0.2, 0.25) is 0 Å². The molecule has 0 spiro atoms. The van der Waals surface area contributed by atoms with Crippen molar-refractivity contribution in [1.29, 1.82) is 0 Å². The lowest BCUT2D eigenvalue weighted by Crippen LogP contribution is -2.48. The molecule has 0 saturated carbocycles. The monoisotopic (exact) mass is 335 g/mol. The van der Waals surface area contributed by atoms with E-state index in [4.69, 9.17) is 0 Å². The molecule has 0 aliphatic carbocycles. The van der Waals surface area contributed by atoms with E-state index in [2.05, 4.69) is 14.9 Å². The summed E-state index contributed by atoms with van der Waals surface area (Å²) in [5.74, 6) is -0.200. The van der Waals surface area contributed by atoms with Gasteiger partial charge in [0.25, 0.3) is 0 Å². The Balaban J connectivity index is 1.91. The zero-order chi connectivity index (χ0) is 17.2. The van der Waals surface area contributed by atoms with Gasteiger partial charge >= 0.3 is 5.97 Å². The summed E-state index contributed by atoms with van der Waals surface area (Å²) in [6.45, 7) is 3.13. The van der Waals surface area contributed by atoms with Gasteiger partial charge in [0.1, 0.15) is 0 Å². The summed E-state index contributed by atoms with van der Waals surface area (Å²) < 4.78 is 0. The lowest BCUT2D eigenvalue weighted by molar-refractivity contribution is -0.130. The maximum atomic E-state index is 12.2. The molecule has 1 aromatic carbocycles. The molecule has 1 atom stereocenters. The van der Waals surface area contributed by atoms with Crippen LogP contribution in [0.1, 0.15) is 24.1 Å². The van der Waals surface area contributed by atoms with E-state index in [1.807, 2.05) is 30.3 Å². The first kappa shape index (κ1) is 16.0. The van der Waals surface area contributed by atoms with Crippen LogP contribution in [0.2, 0.25) is 0 Å². The van der Waals surface area contributed by atoms with Crippen LogP contribution in [-0.2, 0) is 4.79 Å². The minimum Gasteiger partial charge on any atom is -0.478 e. The van der Waals surface area contributed by atoms with E-state index < -0.39 is 5.97 Å². The number of rotatable bonds is 4. The van der Waals surface area contributed by atoms with Gasteiger partial charge in [-0.1, -0.05) is 30.3 Å². The molecule has 2 aromatic rings. The van der Waals surface area contributed by atoms with Gasteiger partial charge < -0.3 is 10.0 Å². The molecule has 25 heavy (non-hydrogen) atoms. The van der Waals surface area contributed by atoms with Gasteiger partial charge in [-0.3, -0.25) is 9.97 Å². The number of aliphatic carboxylic acids is 1. The molecule has 5 nitrogen and oxygen atoms in total. The van der Waals surface area contributed by atoms with Crippen LogP contribution in [0.3, 0.4) is 0 Å². The first-order chi connectivity index (χ1) is 12.2. The van der Waals surface area contributed by atoms with Crippen LogP contribution in [0, 0.1) is 11.8 Å².